The van der Waals surface area contributed by atoms with Gasteiger partial charge in [0.15, 0.2) is 0 Å². The van der Waals surface area contributed by atoms with Crippen molar-refractivity contribution in [3.63, 3.8) is 0 Å². The maximum absolute atomic E-state index is 10.9. The lowest BCUT2D eigenvalue weighted by atomic mass is 10.2. The first-order valence-corrected chi connectivity index (χ1v) is 4.31. The van der Waals surface area contributed by atoms with Crippen molar-refractivity contribution in [2.24, 2.45) is 0 Å². The highest BCUT2D eigenvalue weighted by molar-refractivity contribution is 5.94. The normalized spacial score (nSPS) is 15.0. The number of fused-ring (bicyclic) bond motifs is 1. The Morgan fingerprint density at radius 1 is 1.64 bits per heavy atom. The van der Waals surface area contributed by atoms with Gasteiger partial charge in [0, 0.05) is 19.3 Å². The number of allylic oxidation sites excluding steroid dienone is 1. The topological polar surface area (TPSA) is 58.4 Å². The molecule has 0 bridgehead atoms. The van der Waals surface area contributed by atoms with Crippen LogP contribution in [0.4, 0.5) is 5.82 Å². The molecule has 0 unspecified atom stereocenters. The monoisotopic (exact) mass is 193 g/mol. The van der Waals surface area contributed by atoms with Crippen LogP contribution in [0.1, 0.15) is 17.3 Å². The Bertz CT molecular complexity index is 420. The average Bonchev–Trinajstić information content (AvgIpc) is 2.56. The Labute approximate surface area is 81.2 Å². The highest BCUT2D eigenvalue weighted by Crippen LogP contribution is 2.25. The van der Waals surface area contributed by atoms with E-state index in [2.05, 4.69) is 5.10 Å². The van der Waals surface area contributed by atoms with Crippen LogP contribution in [0.2, 0.25) is 0 Å². The standard InChI is InChI=1S/C9H11N3O2/c1-6-3-4-11(2)8-7(9(13)14)5-10-12(6)8/h3,5H,4H2,1-2H3,(H,13,14). The van der Waals surface area contributed by atoms with Crippen molar-refractivity contribution in [1.82, 2.24) is 9.78 Å². The molecule has 74 valence electrons. The van der Waals surface area contributed by atoms with Crippen molar-refractivity contribution in [3.8, 4) is 0 Å². The molecule has 0 fully saturated rings. The Morgan fingerprint density at radius 3 is 3.00 bits per heavy atom. The van der Waals surface area contributed by atoms with Gasteiger partial charge in [0.2, 0.25) is 0 Å². The molecule has 0 radical (unpaired) electrons. The quantitative estimate of drug-likeness (QED) is 0.719. The highest BCUT2D eigenvalue weighted by atomic mass is 16.4. The number of aromatic carboxylic acids is 1. The van der Waals surface area contributed by atoms with Crippen LogP contribution in [-0.4, -0.2) is 34.4 Å². The summed E-state index contributed by atoms with van der Waals surface area (Å²) in [6.45, 7) is 2.63. The summed E-state index contributed by atoms with van der Waals surface area (Å²) in [5.41, 5.74) is 1.21. The van der Waals surface area contributed by atoms with Gasteiger partial charge in [-0.2, -0.15) is 5.10 Å². The molecule has 5 heteroatoms. The summed E-state index contributed by atoms with van der Waals surface area (Å²) in [4.78, 5) is 12.8. The number of likely N-dealkylation sites (N-methyl/N-ethyl adjacent to an activating group) is 1. The van der Waals surface area contributed by atoms with Crippen molar-refractivity contribution in [3.05, 3.63) is 17.8 Å². The fourth-order valence-corrected chi connectivity index (χ4v) is 1.56. The maximum Gasteiger partial charge on any atom is 0.341 e. The number of nitrogens with zero attached hydrogens (tertiary/aromatic N) is 3. The van der Waals surface area contributed by atoms with Crippen molar-refractivity contribution < 1.29 is 9.90 Å². The second kappa shape index (κ2) is 2.87. The zero-order chi connectivity index (χ0) is 10.3. The van der Waals surface area contributed by atoms with E-state index in [1.165, 1.54) is 6.20 Å². The summed E-state index contributed by atoms with van der Waals surface area (Å²) in [7, 11) is 1.85. The molecule has 1 aromatic heterocycles. The average molecular weight is 193 g/mol. The van der Waals surface area contributed by atoms with E-state index in [4.69, 9.17) is 5.11 Å². The van der Waals surface area contributed by atoms with E-state index in [1.807, 2.05) is 24.9 Å². The second-order valence-corrected chi connectivity index (χ2v) is 3.32. The van der Waals surface area contributed by atoms with Gasteiger partial charge in [0.1, 0.15) is 11.4 Å². The number of aromatic nitrogens is 2. The van der Waals surface area contributed by atoms with Crippen molar-refractivity contribution in [2.75, 3.05) is 18.5 Å². The molecule has 5 nitrogen and oxygen atoms in total. The molecular formula is C9H11N3O2. The molecule has 0 aliphatic carbocycles. The van der Waals surface area contributed by atoms with Gasteiger partial charge in [-0.25, -0.2) is 9.48 Å². The van der Waals surface area contributed by atoms with E-state index in [0.29, 0.717) is 5.82 Å². The summed E-state index contributed by atoms with van der Waals surface area (Å²) >= 11 is 0. The second-order valence-electron chi connectivity index (χ2n) is 3.32. The number of carboxylic acid groups (broad SMARTS) is 1. The SMILES string of the molecule is CC1=CCN(C)c2c(C(=O)O)cnn21. The molecule has 1 aliphatic heterocycles. The number of anilines is 1. The lowest BCUT2D eigenvalue weighted by molar-refractivity contribution is 0.0697. The van der Waals surface area contributed by atoms with Crippen molar-refractivity contribution in [2.45, 2.75) is 6.92 Å². The summed E-state index contributed by atoms with van der Waals surface area (Å²) in [5, 5.41) is 13.0. The molecule has 0 saturated carbocycles. The van der Waals surface area contributed by atoms with Crippen molar-refractivity contribution >= 4 is 17.5 Å². The number of carboxylic acids is 1. The van der Waals surface area contributed by atoms with Crippen LogP contribution in [0.5, 0.6) is 0 Å². The third-order valence-corrected chi connectivity index (χ3v) is 2.33. The van der Waals surface area contributed by atoms with Gasteiger partial charge in [-0.1, -0.05) is 0 Å². The highest BCUT2D eigenvalue weighted by Gasteiger charge is 2.22. The van der Waals surface area contributed by atoms with Crippen LogP contribution in [0.15, 0.2) is 12.3 Å². The van der Waals surface area contributed by atoms with E-state index >= 15 is 0 Å². The first-order chi connectivity index (χ1) is 6.61. The molecule has 0 spiro atoms. The molecule has 0 atom stereocenters. The fourth-order valence-electron chi connectivity index (χ4n) is 1.56. The molecule has 14 heavy (non-hydrogen) atoms. The summed E-state index contributed by atoms with van der Waals surface area (Å²) in [5.74, 6) is -0.287. The Kier molecular flexibility index (Phi) is 1.80. The minimum atomic E-state index is -0.937. The van der Waals surface area contributed by atoms with Gasteiger partial charge in [0.05, 0.1) is 6.20 Å². The van der Waals surface area contributed by atoms with Gasteiger partial charge in [-0.15, -0.1) is 0 Å². The van der Waals surface area contributed by atoms with Crippen LogP contribution >= 0.6 is 0 Å². The molecular weight excluding hydrogens is 182 g/mol. The van der Waals surface area contributed by atoms with Crippen LogP contribution in [0.25, 0.3) is 5.70 Å². The largest absolute Gasteiger partial charge is 0.477 e. The smallest absolute Gasteiger partial charge is 0.341 e. The van der Waals surface area contributed by atoms with Crippen LogP contribution in [0.3, 0.4) is 0 Å². The lowest BCUT2D eigenvalue weighted by Crippen LogP contribution is -2.26. The summed E-state index contributed by atoms with van der Waals surface area (Å²) in [6, 6.07) is 0. The molecule has 0 amide bonds. The molecule has 2 rings (SSSR count). The molecule has 0 saturated heterocycles. The zero-order valence-electron chi connectivity index (χ0n) is 8.06. The summed E-state index contributed by atoms with van der Waals surface area (Å²) < 4.78 is 1.65. The maximum atomic E-state index is 10.9. The van der Waals surface area contributed by atoms with Gasteiger partial charge >= 0.3 is 5.97 Å². The molecule has 1 aromatic rings. The lowest BCUT2D eigenvalue weighted by Gasteiger charge is -2.24. The number of hydrogen-bond acceptors (Lipinski definition) is 3. The summed E-state index contributed by atoms with van der Waals surface area (Å²) in [6.07, 6.45) is 3.39. The first-order valence-electron chi connectivity index (χ1n) is 4.31. The van der Waals surface area contributed by atoms with Crippen LogP contribution < -0.4 is 4.90 Å². The van der Waals surface area contributed by atoms with Crippen LogP contribution in [-0.2, 0) is 0 Å². The third-order valence-electron chi connectivity index (χ3n) is 2.33. The number of hydrogen-bond donors (Lipinski definition) is 1. The number of rotatable bonds is 1. The Hall–Kier alpha value is -1.78. The van der Waals surface area contributed by atoms with E-state index in [0.717, 1.165) is 12.2 Å². The predicted octanol–water partition coefficient (Wildman–Crippen LogP) is 0.892. The molecule has 0 aromatic carbocycles. The van der Waals surface area contributed by atoms with Gasteiger partial charge in [-0.05, 0) is 13.0 Å². The predicted molar refractivity (Wildman–Crippen MR) is 52.4 cm³/mol. The molecule has 2 heterocycles. The Morgan fingerprint density at radius 2 is 2.36 bits per heavy atom. The fraction of sp³-hybridized carbons (Fsp3) is 0.333. The molecule has 1 aliphatic rings. The minimum absolute atomic E-state index is 0.250. The zero-order valence-corrected chi connectivity index (χ0v) is 8.06. The Balaban J connectivity index is 2.61. The van der Waals surface area contributed by atoms with Crippen LogP contribution in [0, 0.1) is 0 Å². The van der Waals surface area contributed by atoms with E-state index in [1.54, 1.807) is 4.68 Å². The van der Waals surface area contributed by atoms with E-state index < -0.39 is 5.97 Å². The van der Waals surface area contributed by atoms with Gasteiger partial charge < -0.3 is 10.0 Å². The van der Waals surface area contributed by atoms with Gasteiger partial charge in [-0.3, -0.25) is 0 Å². The van der Waals surface area contributed by atoms with Gasteiger partial charge in [0.25, 0.3) is 0 Å². The number of carbonyl (C=O) groups is 1. The van der Waals surface area contributed by atoms with E-state index in [9.17, 15) is 4.79 Å². The molecule has 1 N–H and O–H groups in total. The van der Waals surface area contributed by atoms with Crippen molar-refractivity contribution in [1.29, 1.82) is 0 Å². The minimum Gasteiger partial charge on any atom is -0.477 e. The van der Waals surface area contributed by atoms with E-state index in [-0.39, 0.29) is 5.56 Å². The third kappa shape index (κ3) is 1.09. The first kappa shape index (κ1) is 8.80.